The van der Waals surface area contributed by atoms with Gasteiger partial charge in [0.15, 0.2) is 0 Å². The molecule has 0 bridgehead atoms. The number of nitrogens with zero attached hydrogens (tertiary/aromatic N) is 2. The van der Waals surface area contributed by atoms with Crippen molar-refractivity contribution in [1.82, 2.24) is 15.5 Å². The molecule has 0 aliphatic carbocycles. The topological polar surface area (TPSA) is 87.5 Å². The van der Waals surface area contributed by atoms with E-state index >= 15 is 0 Å². The van der Waals surface area contributed by atoms with Gasteiger partial charge in [0, 0.05) is 21.5 Å². The molecule has 5 rings (SSSR count). The van der Waals surface area contributed by atoms with Gasteiger partial charge in [0.1, 0.15) is 29.3 Å². The Kier molecular flexibility index (Phi) is 5.73. The summed E-state index contributed by atoms with van der Waals surface area (Å²) in [5.41, 5.74) is 5.73. The number of nitrogens with one attached hydrogen (secondary N) is 3. The Morgan fingerprint density at radius 1 is 1.21 bits per heavy atom. The van der Waals surface area contributed by atoms with Crippen molar-refractivity contribution in [1.29, 1.82) is 0 Å². The van der Waals surface area contributed by atoms with E-state index in [1.165, 1.54) is 0 Å². The highest BCUT2D eigenvalue weighted by Gasteiger charge is 2.27. The summed E-state index contributed by atoms with van der Waals surface area (Å²) in [7, 11) is 1.68. The zero-order valence-electron chi connectivity index (χ0n) is 19.9. The summed E-state index contributed by atoms with van der Waals surface area (Å²) in [5.74, 6) is 3.26. The van der Waals surface area contributed by atoms with Crippen molar-refractivity contribution in [3.63, 3.8) is 0 Å². The molecule has 0 radical (unpaired) electrons. The van der Waals surface area contributed by atoms with Crippen LogP contribution in [0.4, 0.5) is 5.82 Å². The number of ether oxygens (including phenoxy) is 1. The lowest BCUT2D eigenvalue weighted by Gasteiger charge is -2.26. The van der Waals surface area contributed by atoms with Gasteiger partial charge in [-0.25, -0.2) is 4.99 Å². The van der Waals surface area contributed by atoms with E-state index in [1.807, 2.05) is 39.0 Å². The first-order chi connectivity index (χ1) is 16.4. The maximum Gasteiger partial charge on any atom is 0.141 e. The molecule has 8 heteroatoms. The molecule has 0 saturated carbocycles. The van der Waals surface area contributed by atoms with E-state index in [2.05, 4.69) is 45.9 Å². The summed E-state index contributed by atoms with van der Waals surface area (Å²) >= 11 is 6.52. The van der Waals surface area contributed by atoms with E-state index in [1.54, 1.807) is 7.11 Å². The number of aromatic amines is 1. The minimum atomic E-state index is -0.0873. The first-order valence-corrected chi connectivity index (χ1v) is 11.8. The number of H-pyrrole nitrogens is 1. The third-order valence-corrected chi connectivity index (χ3v) is 6.68. The Morgan fingerprint density at radius 2 is 2.00 bits per heavy atom. The molecule has 3 N–H and O–H groups in total. The zero-order valence-corrected chi connectivity index (χ0v) is 20.7. The lowest BCUT2D eigenvalue weighted by atomic mass is 9.99. The van der Waals surface area contributed by atoms with E-state index in [-0.39, 0.29) is 12.2 Å². The van der Waals surface area contributed by atoms with Gasteiger partial charge in [-0.3, -0.25) is 0 Å². The van der Waals surface area contributed by atoms with Crippen LogP contribution in [-0.2, 0) is 0 Å². The predicted molar refractivity (Wildman–Crippen MR) is 137 cm³/mol. The van der Waals surface area contributed by atoms with Gasteiger partial charge in [-0.2, -0.15) is 0 Å². The van der Waals surface area contributed by atoms with Crippen LogP contribution in [-0.4, -0.2) is 29.3 Å². The first kappa shape index (κ1) is 22.3. The molecule has 1 aliphatic rings. The fourth-order valence-electron chi connectivity index (χ4n) is 4.74. The van der Waals surface area contributed by atoms with Gasteiger partial charge in [0.2, 0.25) is 0 Å². The number of anilines is 1. The first-order valence-electron chi connectivity index (χ1n) is 11.4. The van der Waals surface area contributed by atoms with Crippen molar-refractivity contribution >= 4 is 34.2 Å². The van der Waals surface area contributed by atoms with Crippen LogP contribution < -0.4 is 15.4 Å². The molecule has 176 valence electrons. The molecular formula is C26H28ClN5O2. The van der Waals surface area contributed by atoms with Crippen molar-refractivity contribution in [3.8, 4) is 16.9 Å². The Morgan fingerprint density at radius 3 is 2.68 bits per heavy atom. The molecule has 0 fully saturated rings. The third-order valence-electron chi connectivity index (χ3n) is 6.33. The lowest BCUT2D eigenvalue weighted by molar-refractivity contribution is 0.393. The number of hydrogen-bond acceptors (Lipinski definition) is 6. The maximum absolute atomic E-state index is 6.52. The summed E-state index contributed by atoms with van der Waals surface area (Å²) in [5, 5.41) is 13.0. The van der Waals surface area contributed by atoms with E-state index in [0.717, 1.165) is 73.5 Å². The maximum atomic E-state index is 6.52. The van der Waals surface area contributed by atoms with Gasteiger partial charge in [0.25, 0.3) is 0 Å². The molecule has 2 atom stereocenters. The van der Waals surface area contributed by atoms with Crippen molar-refractivity contribution in [3.05, 3.63) is 64.0 Å². The van der Waals surface area contributed by atoms with Crippen LogP contribution >= 0.6 is 11.6 Å². The number of aryl methyl sites for hydroxylation is 2. The summed E-state index contributed by atoms with van der Waals surface area (Å²) in [6.45, 7) is 8.02. The SMILES string of the molecule is CCC(NC1=NC(C)Nc2[nH]c3cc(-c4c(C)noc4C)c(OC)cc3c21)c1ccccc1Cl. The van der Waals surface area contributed by atoms with Crippen molar-refractivity contribution in [2.75, 3.05) is 12.4 Å². The van der Waals surface area contributed by atoms with E-state index < -0.39 is 0 Å². The molecule has 0 spiro atoms. The molecule has 2 unspecified atom stereocenters. The number of hydrogen-bond donors (Lipinski definition) is 3. The smallest absolute Gasteiger partial charge is 0.141 e. The second kappa shape index (κ2) is 8.72. The normalized spacial score (nSPS) is 16.1. The fraction of sp³-hybridized carbons (Fsp3) is 0.308. The van der Waals surface area contributed by atoms with Gasteiger partial charge in [-0.15, -0.1) is 0 Å². The Hall–Kier alpha value is -3.45. The van der Waals surface area contributed by atoms with E-state index in [4.69, 9.17) is 25.9 Å². The van der Waals surface area contributed by atoms with Gasteiger partial charge in [-0.1, -0.05) is 41.9 Å². The van der Waals surface area contributed by atoms with Crippen LogP contribution in [0, 0.1) is 13.8 Å². The van der Waals surface area contributed by atoms with Crippen molar-refractivity contribution in [2.24, 2.45) is 4.99 Å². The van der Waals surface area contributed by atoms with Crippen LogP contribution in [0.3, 0.4) is 0 Å². The number of fused-ring (bicyclic) bond motifs is 3. The van der Waals surface area contributed by atoms with Crippen LogP contribution in [0.15, 0.2) is 45.9 Å². The minimum Gasteiger partial charge on any atom is -0.496 e. The van der Waals surface area contributed by atoms with E-state index in [0.29, 0.717) is 0 Å². The zero-order chi connectivity index (χ0) is 24.0. The average Bonchev–Trinajstić information content (AvgIpc) is 3.34. The molecule has 2 aromatic carbocycles. The minimum absolute atomic E-state index is 0.0269. The molecule has 34 heavy (non-hydrogen) atoms. The van der Waals surface area contributed by atoms with Gasteiger partial charge in [0.05, 0.1) is 30.0 Å². The standard InChI is InChI=1S/C26H28ClN5O2/c1-6-20(16-9-7-8-10-19(16)27)30-25-24-17-12-22(33-5)18(23-13(2)32-34-14(23)3)11-21(17)31-26(24)29-15(4)28-25/h7-12,15,20,29,31H,6H2,1-5H3,(H,28,30). The number of aliphatic imine (C=N–C) groups is 1. The Bertz CT molecular complexity index is 1380. The molecule has 3 heterocycles. The number of amidine groups is 1. The predicted octanol–water partition coefficient (Wildman–Crippen LogP) is 6.36. The summed E-state index contributed by atoms with van der Waals surface area (Å²) < 4.78 is 11.2. The van der Waals surface area contributed by atoms with E-state index in [9.17, 15) is 0 Å². The highest BCUT2D eigenvalue weighted by atomic mass is 35.5. The van der Waals surface area contributed by atoms with Gasteiger partial charge >= 0.3 is 0 Å². The molecule has 7 nitrogen and oxygen atoms in total. The number of benzene rings is 2. The van der Waals surface area contributed by atoms with Crippen molar-refractivity contribution in [2.45, 2.75) is 46.3 Å². The highest BCUT2D eigenvalue weighted by Crippen LogP contribution is 2.41. The second-order valence-electron chi connectivity index (χ2n) is 8.60. The molecular weight excluding hydrogens is 450 g/mol. The van der Waals surface area contributed by atoms with Crippen LogP contribution in [0.5, 0.6) is 5.75 Å². The quantitative estimate of drug-likeness (QED) is 0.311. The largest absolute Gasteiger partial charge is 0.496 e. The van der Waals surface area contributed by atoms with Crippen LogP contribution in [0.25, 0.3) is 22.0 Å². The number of halogens is 1. The van der Waals surface area contributed by atoms with Gasteiger partial charge < -0.3 is 24.9 Å². The number of aromatic nitrogens is 2. The second-order valence-corrected chi connectivity index (χ2v) is 9.00. The third kappa shape index (κ3) is 3.70. The number of methoxy groups -OCH3 is 1. The summed E-state index contributed by atoms with van der Waals surface area (Å²) in [4.78, 5) is 8.46. The van der Waals surface area contributed by atoms with Crippen LogP contribution in [0.2, 0.25) is 5.02 Å². The summed E-state index contributed by atoms with van der Waals surface area (Å²) in [6.07, 6.45) is 0.776. The number of rotatable bonds is 5. The average molecular weight is 478 g/mol. The molecule has 1 aliphatic heterocycles. The van der Waals surface area contributed by atoms with Gasteiger partial charge in [-0.05, 0) is 51.0 Å². The summed E-state index contributed by atoms with van der Waals surface area (Å²) in [6, 6.07) is 12.1. The Labute approximate surface area is 203 Å². The molecule has 0 saturated heterocycles. The lowest BCUT2D eigenvalue weighted by Crippen LogP contribution is -2.34. The molecule has 0 amide bonds. The Balaban J connectivity index is 1.63. The molecule has 2 aromatic heterocycles. The van der Waals surface area contributed by atoms with Crippen molar-refractivity contribution < 1.29 is 9.26 Å². The monoisotopic (exact) mass is 477 g/mol. The highest BCUT2D eigenvalue weighted by molar-refractivity contribution is 6.31. The van der Waals surface area contributed by atoms with Crippen LogP contribution in [0.1, 0.15) is 48.9 Å². The fourth-order valence-corrected chi connectivity index (χ4v) is 5.01. The molecule has 4 aromatic rings.